The molecule has 6 heteroatoms. The fourth-order valence-corrected chi connectivity index (χ4v) is 2.67. The van der Waals surface area contributed by atoms with E-state index in [-0.39, 0.29) is 30.6 Å². The van der Waals surface area contributed by atoms with E-state index >= 15 is 0 Å². The minimum absolute atomic E-state index is 0. The first-order chi connectivity index (χ1) is 8.29. The van der Waals surface area contributed by atoms with Gasteiger partial charge in [0.05, 0.1) is 19.8 Å². The lowest BCUT2D eigenvalue weighted by Crippen LogP contribution is -2.41. The van der Waals surface area contributed by atoms with E-state index in [4.69, 9.17) is 9.84 Å². The highest BCUT2D eigenvalue weighted by Gasteiger charge is 2.42. The van der Waals surface area contributed by atoms with Crippen LogP contribution in [0.4, 0.5) is 0 Å². The normalized spacial score (nSPS) is 27.7. The summed E-state index contributed by atoms with van der Waals surface area (Å²) in [5, 5.41) is 12.1. The molecule has 106 valence electrons. The van der Waals surface area contributed by atoms with Crippen LogP contribution < -0.4 is 5.32 Å². The fourth-order valence-electron chi connectivity index (χ4n) is 2.67. The largest absolute Gasteiger partial charge is 0.394 e. The summed E-state index contributed by atoms with van der Waals surface area (Å²) in [4.78, 5) is 6.71. The number of halogens is 1. The third kappa shape index (κ3) is 3.71. The summed E-state index contributed by atoms with van der Waals surface area (Å²) < 4.78 is 5.52. The number of hydrogen-bond acceptors (Lipinski definition) is 3. The number of ether oxygens (including phenoxy) is 1. The average Bonchev–Trinajstić information content (AvgIpc) is 2.96. The molecule has 0 amide bonds. The zero-order valence-corrected chi connectivity index (χ0v) is 13.4. The molecule has 5 nitrogen and oxygen atoms in total. The molecule has 0 aliphatic carbocycles. The minimum Gasteiger partial charge on any atom is -0.394 e. The van der Waals surface area contributed by atoms with Crippen molar-refractivity contribution in [1.29, 1.82) is 0 Å². The van der Waals surface area contributed by atoms with Crippen molar-refractivity contribution in [3.05, 3.63) is 0 Å². The Morgan fingerprint density at radius 1 is 1.50 bits per heavy atom. The third-order valence-electron chi connectivity index (χ3n) is 3.62. The van der Waals surface area contributed by atoms with Gasteiger partial charge in [0.15, 0.2) is 5.96 Å². The Hall–Kier alpha value is -0.0800. The zero-order chi connectivity index (χ0) is 12.1. The van der Waals surface area contributed by atoms with Crippen molar-refractivity contribution in [3.63, 3.8) is 0 Å². The summed E-state index contributed by atoms with van der Waals surface area (Å²) in [5.74, 6) is 0.935. The number of aliphatic hydroxyl groups is 1. The standard InChI is InChI=1S/C12H23N3O2.HI/c1-2-13-11(14-5-7-16)15-6-3-12(9-15)4-8-17-10-12;/h16H,2-10H2,1H3,(H,13,14);1H. The Labute approximate surface area is 126 Å². The number of aliphatic imine (C=N–C) groups is 1. The van der Waals surface area contributed by atoms with Gasteiger partial charge in [-0.3, -0.25) is 4.99 Å². The molecule has 1 unspecified atom stereocenters. The smallest absolute Gasteiger partial charge is 0.194 e. The van der Waals surface area contributed by atoms with Gasteiger partial charge in [-0.25, -0.2) is 0 Å². The van der Waals surface area contributed by atoms with Crippen molar-refractivity contribution in [2.24, 2.45) is 10.4 Å². The lowest BCUT2D eigenvalue weighted by molar-refractivity contribution is 0.156. The van der Waals surface area contributed by atoms with Crippen LogP contribution in [0, 0.1) is 5.41 Å². The van der Waals surface area contributed by atoms with Crippen molar-refractivity contribution >= 4 is 29.9 Å². The Bertz CT molecular complexity index is 280. The van der Waals surface area contributed by atoms with Crippen molar-refractivity contribution < 1.29 is 9.84 Å². The summed E-state index contributed by atoms with van der Waals surface area (Å²) in [6.07, 6.45) is 2.36. The molecule has 0 aromatic carbocycles. The van der Waals surface area contributed by atoms with E-state index in [9.17, 15) is 0 Å². The molecule has 0 saturated carbocycles. The molecule has 2 N–H and O–H groups in total. The summed E-state index contributed by atoms with van der Waals surface area (Å²) in [6.45, 7) is 7.38. The van der Waals surface area contributed by atoms with Gasteiger partial charge in [-0.2, -0.15) is 0 Å². The van der Waals surface area contributed by atoms with Gasteiger partial charge in [0, 0.05) is 31.7 Å². The Morgan fingerprint density at radius 2 is 2.33 bits per heavy atom. The van der Waals surface area contributed by atoms with Crippen molar-refractivity contribution in [1.82, 2.24) is 10.2 Å². The monoisotopic (exact) mass is 369 g/mol. The summed E-state index contributed by atoms with van der Waals surface area (Å²) in [6, 6.07) is 0. The second-order valence-electron chi connectivity index (χ2n) is 4.93. The van der Waals surface area contributed by atoms with Gasteiger partial charge in [-0.1, -0.05) is 0 Å². The SMILES string of the molecule is CCNC(=NCCO)N1CCC2(CCOC2)C1.I. The predicted octanol–water partition coefficient (Wildman–Crippen LogP) is 0.675. The van der Waals surface area contributed by atoms with Crippen molar-refractivity contribution in [2.75, 3.05) is 46.0 Å². The predicted molar refractivity (Wildman–Crippen MR) is 82.5 cm³/mol. The summed E-state index contributed by atoms with van der Waals surface area (Å²) >= 11 is 0. The second-order valence-corrected chi connectivity index (χ2v) is 4.93. The molecule has 0 radical (unpaired) electrons. The highest BCUT2D eigenvalue weighted by molar-refractivity contribution is 14.0. The highest BCUT2D eigenvalue weighted by atomic mass is 127. The molecule has 2 rings (SSSR count). The molecule has 0 aromatic heterocycles. The van der Waals surface area contributed by atoms with Crippen LogP contribution in [0.1, 0.15) is 19.8 Å². The van der Waals surface area contributed by atoms with Crippen LogP contribution in [0.3, 0.4) is 0 Å². The van der Waals surface area contributed by atoms with E-state index in [0.29, 0.717) is 12.0 Å². The number of likely N-dealkylation sites (tertiary alicyclic amines) is 1. The lowest BCUT2D eigenvalue weighted by Gasteiger charge is -2.24. The number of nitrogens with one attached hydrogen (secondary N) is 1. The van der Waals surface area contributed by atoms with E-state index in [0.717, 1.165) is 38.8 Å². The molecule has 0 aromatic rings. The van der Waals surface area contributed by atoms with Crippen LogP contribution in [-0.4, -0.2) is 62.0 Å². The van der Waals surface area contributed by atoms with E-state index in [2.05, 4.69) is 22.1 Å². The summed E-state index contributed by atoms with van der Waals surface area (Å²) in [7, 11) is 0. The van der Waals surface area contributed by atoms with E-state index < -0.39 is 0 Å². The zero-order valence-electron chi connectivity index (χ0n) is 11.0. The van der Waals surface area contributed by atoms with Crippen LogP contribution >= 0.6 is 24.0 Å². The Kier molecular flexibility index (Phi) is 6.65. The third-order valence-corrected chi connectivity index (χ3v) is 3.62. The number of nitrogens with zero attached hydrogens (tertiary/aromatic N) is 2. The van der Waals surface area contributed by atoms with Crippen LogP contribution in [0.25, 0.3) is 0 Å². The fraction of sp³-hybridized carbons (Fsp3) is 0.917. The molecule has 1 atom stereocenters. The van der Waals surface area contributed by atoms with Crippen molar-refractivity contribution in [2.45, 2.75) is 19.8 Å². The molecule has 2 heterocycles. The van der Waals surface area contributed by atoms with Gasteiger partial charge in [0.25, 0.3) is 0 Å². The maximum absolute atomic E-state index is 8.86. The van der Waals surface area contributed by atoms with Gasteiger partial charge < -0.3 is 20.1 Å². The van der Waals surface area contributed by atoms with Gasteiger partial charge in [-0.05, 0) is 19.8 Å². The minimum atomic E-state index is 0. The van der Waals surface area contributed by atoms with Crippen molar-refractivity contribution in [3.8, 4) is 0 Å². The average molecular weight is 369 g/mol. The second kappa shape index (κ2) is 7.49. The number of rotatable bonds is 3. The maximum atomic E-state index is 8.86. The van der Waals surface area contributed by atoms with Gasteiger partial charge in [0.2, 0.25) is 0 Å². The quantitative estimate of drug-likeness (QED) is 0.436. The van der Waals surface area contributed by atoms with Crippen LogP contribution in [0.15, 0.2) is 4.99 Å². The number of hydrogen-bond donors (Lipinski definition) is 2. The Balaban J connectivity index is 0.00000162. The maximum Gasteiger partial charge on any atom is 0.194 e. The molecule has 2 aliphatic heterocycles. The van der Waals surface area contributed by atoms with Crippen LogP contribution in [-0.2, 0) is 4.74 Å². The molecule has 0 bridgehead atoms. The van der Waals surface area contributed by atoms with Crippen LogP contribution in [0.2, 0.25) is 0 Å². The topological polar surface area (TPSA) is 57.1 Å². The molecule has 2 saturated heterocycles. The van der Waals surface area contributed by atoms with E-state index in [1.165, 1.54) is 12.8 Å². The molecular formula is C12H24IN3O2. The molecular weight excluding hydrogens is 345 g/mol. The van der Waals surface area contributed by atoms with Gasteiger partial charge in [-0.15, -0.1) is 24.0 Å². The number of guanidine groups is 1. The number of aliphatic hydroxyl groups excluding tert-OH is 1. The molecule has 2 aliphatic rings. The van der Waals surface area contributed by atoms with Gasteiger partial charge >= 0.3 is 0 Å². The van der Waals surface area contributed by atoms with Gasteiger partial charge in [0.1, 0.15) is 0 Å². The van der Waals surface area contributed by atoms with E-state index in [1.807, 2.05) is 0 Å². The molecule has 2 fully saturated rings. The van der Waals surface area contributed by atoms with E-state index in [1.54, 1.807) is 0 Å². The lowest BCUT2D eigenvalue weighted by atomic mass is 9.87. The Morgan fingerprint density at radius 3 is 2.94 bits per heavy atom. The first-order valence-electron chi connectivity index (χ1n) is 6.51. The summed E-state index contributed by atoms with van der Waals surface area (Å²) in [5.41, 5.74) is 0.357. The highest BCUT2D eigenvalue weighted by Crippen LogP contribution is 2.38. The first-order valence-corrected chi connectivity index (χ1v) is 6.51. The molecule has 18 heavy (non-hydrogen) atoms. The molecule has 1 spiro atoms. The van der Waals surface area contributed by atoms with Crippen LogP contribution in [0.5, 0.6) is 0 Å². The first kappa shape index (κ1) is 16.0.